The number of hydrogen-bond donors (Lipinski definition) is 2. The molecular formula is C15H32N4O2. The van der Waals surface area contributed by atoms with E-state index < -0.39 is 0 Å². The molecule has 1 aliphatic rings. The molecule has 1 unspecified atom stereocenters. The van der Waals surface area contributed by atoms with E-state index >= 15 is 0 Å². The lowest BCUT2D eigenvalue weighted by Crippen LogP contribution is -2.48. The highest BCUT2D eigenvalue weighted by atomic mass is 16.5. The maximum Gasteiger partial charge on any atom is 0.191 e. The van der Waals surface area contributed by atoms with Gasteiger partial charge in [0, 0.05) is 39.3 Å². The van der Waals surface area contributed by atoms with Crippen LogP contribution in [0.15, 0.2) is 4.99 Å². The molecule has 0 amide bonds. The molecule has 1 heterocycles. The summed E-state index contributed by atoms with van der Waals surface area (Å²) in [6, 6.07) is 0.465. The summed E-state index contributed by atoms with van der Waals surface area (Å²) in [5.41, 5.74) is 0. The van der Waals surface area contributed by atoms with Crippen LogP contribution in [0.4, 0.5) is 0 Å². The predicted molar refractivity (Wildman–Crippen MR) is 86.9 cm³/mol. The second kappa shape index (κ2) is 10.8. The number of rotatable bonds is 8. The minimum Gasteiger partial charge on any atom is -0.383 e. The van der Waals surface area contributed by atoms with Crippen molar-refractivity contribution < 1.29 is 9.47 Å². The molecule has 0 bridgehead atoms. The van der Waals surface area contributed by atoms with Crippen LogP contribution in [-0.2, 0) is 9.47 Å². The maximum absolute atomic E-state index is 5.44. The van der Waals surface area contributed by atoms with Gasteiger partial charge in [-0.1, -0.05) is 13.8 Å². The van der Waals surface area contributed by atoms with Crippen molar-refractivity contribution >= 4 is 5.96 Å². The molecule has 6 heteroatoms. The van der Waals surface area contributed by atoms with Gasteiger partial charge in [-0.3, -0.25) is 9.89 Å². The molecule has 21 heavy (non-hydrogen) atoms. The zero-order valence-electron chi connectivity index (χ0n) is 14.0. The van der Waals surface area contributed by atoms with E-state index in [1.165, 1.54) is 0 Å². The Kier molecular flexibility index (Phi) is 9.37. The third kappa shape index (κ3) is 7.11. The Hall–Kier alpha value is -0.850. The zero-order chi connectivity index (χ0) is 15.5. The lowest BCUT2D eigenvalue weighted by Gasteiger charge is -2.36. The van der Waals surface area contributed by atoms with Gasteiger partial charge in [0.15, 0.2) is 5.96 Å². The van der Waals surface area contributed by atoms with E-state index in [4.69, 9.17) is 14.5 Å². The third-order valence-electron chi connectivity index (χ3n) is 3.66. The van der Waals surface area contributed by atoms with Gasteiger partial charge in [0.2, 0.25) is 0 Å². The minimum absolute atomic E-state index is 0.465. The largest absolute Gasteiger partial charge is 0.383 e. The second-order valence-electron chi connectivity index (χ2n) is 5.60. The van der Waals surface area contributed by atoms with Crippen LogP contribution < -0.4 is 10.6 Å². The highest BCUT2D eigenvalue weighted by molar-refractivity contribution is 5.79. The van der Waals surface area contributed by atoms with Gasteiger partial charge in [-0.25, -0.2) is 0 Å². The standard InChI is InChI=1S/C15H32N4O2/c1-5-16-15(17-6-9-20-4)18-12-14(13(2)3)19-7-10-21-11-8-19/h13-14H,5-12H2,1-4H3,(H2,16,17,18). The highest BCUT2D eigenvalue weighted by Crippen LogP contribution is 2.13. The molecule has 1 atom stereocenters. The first-order valence-electron chi connectivity index (χ1n) is 8.02. The average molecular weight is 300 g/mol. The molecule has 0 aliphatic carbocycles. The van der Waals surface area contributed by atoms with Gasteiger partial charge in [0.1, 0.15) is 0 Å². The van der Waals surface area contributed by atoms with Gasteiger partial charge in [0.05, 0.1) is 26.4 Å². The molecule has 0 radical (unpaired) electrons. The van der Waals surface area contributed by atoms with Crippen molar-refractivity contribution in [2.24, 2.45) is 10.9 Å². The molecule has 0 saturated carbocycles. The first-order valence-corrected chi connectivity index (χ1v) is 8.02. The highest BCUT2D eigenvalue weighted by Gasteiger charge is 2.23. The number of aliphatic imine (C=N–C) groups is 1. The second-order valence-corrected chi connectivity index (χ2v) is 5.60. The summed E-state index contributed by atoms with van der Waals surface area (Å²) in [5, 5.41) is 6.57. The number of methoxy groups -OCH3 is 1. The fourth-order valence-corrected chi connectivity index (χ4v) is 2.46. The molecule has 0 aromatic carbocycles. The Morgan fingerprint density at radius 3 is 2.57 bits per heavy atom. The summed E-state index contributed by atoms with van der Waals surface area (Å²) in [6.45, 7) is 13.4. The monoisotopic (exact) mass is 300 g/mol. The van der Waals surface area contributed by atoms with Crippen LogP contribution >= 0.6 is 0 Å². The van der Waals surface area contributed by atoms with E-state index in [9.17, 15) is 0 Å². The Balaban J connectivity index is 2.55. The van der Waals surface area contributed by atoms with Gasteiger partial charge in [0.25, 0.3) is 0 Å². The van der Waals surface area contributed by atoms with E-state index in [1.54, 1.807) is 7.11 Å². The molecule has 0 spiro atoms. The summed E-state index contributed by atoms with van der Waals surface area (Å²) in [5.74, 6) is 1.45. The van der Waals surface area contributed by atoms with Gasteiger partial charge in [-0.15, -0.1) is 0 Å². The predicted octanol–water partition coefficient (Wildman–Crippen LogP) is 0.545. The van der Waals surface area contributed by atoms with E-state index in [1.807, 2.05) is 0 Å². The summed E-state index contributed by atoms with van der Waals surface area (Å²) in [4.78, 5) is 7.23. The van der Waals surface area contributed by atoms with E-state index in [0.717, 1.165) is 51.9 Å². The van der Waals surface area contributed by atoms with Crippen molar-refractivity contribution in [2.75, 3.05) is 59.7 Å². The molecule has 6 nitrogen and oxygen atoms in total. The SMILES string of the molecule is CCNC(=NCC(C(C)C)N1CCOCC1)NCCOC. The first-order chi connectivity index (χ1) is 10.2. The first kappa shape index (κ1) is 18.2. The van der Waals surface area contributed by atoms with Crippen molar-refractivity contribution in [1.29, 1.82) is 0 Å². The van der Waals surface area contributed by atoms with Crippen LogP contribution in [0, 0.1) is 5.92 Å². The number of guanidine groups is 1. The average Bonchev–Trinajstić information content (AvgIpc) is 2.48. The normalized spacial score (nSPS) is 18.8. The van der Waals surface area contributed by atoms with Crippen molar-refractivity contribution in [3.8, 4) is 0 Å². The van der Waals surface area contributed by atoms with Gasteiger partial charge in [-0.2, -0.15) is 0 Å². The summed E-state index contributed by atoms with van der Waals surface area (Å²) in [7, 11) is 1.71. The summed E-state index contributed by atoms with van der Waals surface area (Å²) in [6.07, 6.45) is 0. The zero-order valence-corrected chi connectivity index (χ0v) is 14.0. The van der Waals surface area contributed by atoms with Crippen LogP contribution in [0.25, 0.3) is 0 Å². The number of nitrogens with zero attached hydrogens (tertiary/aromatic N) is 2. The van der Waals surface area contributed by atoms with E-state index in [-0.39, 0.29) is 0 Å². The van der Waals surface area contributed by atoms with Gasteiger partial charge >= 0.3 is 0 Å². The molecule has 0 aromatic rings. The molecule has 1 rings (SSSR count). The molecule has 1 aliphatic heterocycles. The van der Waals surface area contributed by atoms with Crippen molar-refractivity contribution in [2.45, 2.75) is 26.8 Å². The van der Waals surface area contributed by atoms with E-state index in [2.05, 4.69) is 36.3 Å². The third-order valence-corrected chi connectivity index (χ3v) is 3.66. The van der Waals surface area contributed by atoms with Gasteiger partial charge < -0.3 is 20.1 Å². The van der Waals surface area contributed by atoms with Crippen LogP contribution in [0.1, 0.15) is 20.8 Å². The number of nitrogens with one attached hydrogen (secondary N) is 2. The quantitative estimate of drug-likeness (QED) is 0.389. The fourth-order valence-electron chi connectivity index (χ4n) is 2.46. The van der Waals surface area contributed by atoms with Crippen molar-refractivity contribution in [3.63, 3.8) is 0 Å². The van der Waals surface area contributed by atoms with Crippen molar-refractivity contribution in [3.05, 3.63) is 0 Å². The van der Waals surface area contributed by atoms with Gasteiger partial charge in [-0.05, 0) is 12.8 Å². The fraction of sp³-hybridized carbons (Fsp3) is 0.933. The van der Waals surface area contributed by atoms with Crippen LogP contribution in [-0.4, -0.2) is 76.6 Å². The topological polar surface area (TPSA) is 58.1 Å². The summed E-state index contributed by atoms with van der Waals surface area (Å²) < 4.78 is 10.5. The molecular weight excluding hydrogens is 268 g/mol. The van der Waals surface area contributed by atoms with Crippen LogP contribution in [0.3, 0.4) is 0 Å². The minimum atomic E-state index is 0.465. The Morgan fingerprint density at radius 2 is 2.00 bits per heavy atom. The van der Waals surface area contributed by atoms with Crippen LogP contribution in [0.5, 0.6) is 0 Å². The Bertz CT molecular complexity index is 291. The van der Waals surface area contributed by atoms with Crippen molar-refractivity contribution in [1.82, 2.24) is 15.5 Å². The lowest BCUT2D eigenvalue weighted by atomic mass is 10.0. The molecule has 124 valence electrons. The molecule has 1 saturated heterocycles. The molecule has 0 aromatic heterocycles. The Morgan fingerprint density at radius 1 is 1.29 bits per heavy atom. The Labute approximate surface area is 129 Å². The summed E-state index contributed by atoms with van der Waals surface area (Å²) >= 11 is 0. The molecule has 2 N–H and O–H groups in total. The lowest BCUT2D eigenvalue weighted by molar-refractivity contribution is 0.00867. The molecule has 1 fully saturated rings. The number of morpholine rings is 1. The maximum atomic E-state index is 5.44. The van der Waals surface area contributed by atoms with Crippen LogP contribution in [0.2, 0.25) is 0 Å². The number of ether oxygens (including phenoxy) is 2. The number of hydrogen-bond acceptors (Lipinski definition) is 4. The smallest absolute Gasteiger partial charge is 0.191 e. The van der Waals surface area contributed by atoms with E-state index in [0.29, 0.717) is 18.6 Å².